The van der Waals surface area contributed by atoms with Crippen LogP contribution in [0.25, 0.3) is 0 Å². The summed E-state index contributed by atoms with van der Waals surface area (Å²) in [7, 11) is 0. The van der Waals surface area contributed by atoms with Gasteiger partial charge in [0, 0.05) is 11.3 Å². The van der Waals surface area contributed by atoms with Crippen LogP contribution in [0.15, 0.2) is 59.5 Å². The highest BCUT2D eigenvalue weighted by Gasteiger charge is 2.01. The van der Waals surface area contributed by atoms with Gasteiger partial charge in [0.1, 0.15) is 0 Å². The Hall–Kier alpha value is -1.12. The molecule has 2 aromatic rings. The van der Waals surface area contributed by atoms with E-state index in [1.807, 2.05) is 6.07 Å². The van der Waals surface area contributed by atoms with E-state index in [0.717, 1.165) is 10.6 Å². The number of hydrogen-bond donors (Lipinski definition) is 0. The lowest BCUT2D eigenvalue weighted by atomic mass is 10.2. The van der Waals surface area contributed by atoms with Gasteiger partial charge in [-0.15, -0.1) is 0 Å². The average molecular weight is 258 g/mol. The summed E-state index contributed by atoms with van der Waals surface area (Å²) in [5, 5.41) is 0. The molecule has 0 radical (unpaired) electrons. The average Bonchev–Trinajstić information content (AvgIpc) is 2.33. The summed E-state index contributed by atoms with van der Waals surface area (Å²) < 4.78 is 1.01. The highest BCUT2D eigenvalue weighted by atomic mass is 32.2. The van der Waals surface area contributed by atoms with Crippen LogP contribution in [-0.4, -0.2) is 4.20 Å². The molecule has 0 amide bonds. The maximum atomic E-state index is 5.41. The van der Waals surface area contributed by atoms with E-state index in [9.17, 15) is 0 Å². The highest BCUT2D eigenvalue weighted by molar-refractivity contribution is 8.23. The van der Waals surface area contributed by atoms with Gasteiger partial charge in [0.05, 0.1) is 4.20 Å². The zero-order valence-corrected chi connectivity index (χ0v) is 11.4. The van der Waals surface area contributed by atoms with Crippen LogP contribution in [-0.2, 0) is 6.42 Å². The van der Waals surface area contributed by atoms with Crippen molar-refractivity contribution in [1.29, 1.82) is 0 Å². The summed E-state index contributed by atoms with van der Waals surface area (Å²) in [6.07, 6.45) is 0.856. The van der Waals surface area contributed by atoms with Gasteiger partial charge in [-0.3, -0.25) is 0 Å². The fourth-order valence-electron chi connectivity index (χ4n) is 1.54. The molecule has 0 aromatic heterocycles. The zero-order chi connectivity index (χ0) is 12.1. The topological polar surface area (TPSA) is 0 Å². The Bertz CT molecular complexity index is 486. The molecule has 2 aromatic carbocycles. The van der Waals surface area contributed by atoms with Gasteiger partial charge in [-0.25, -0.2) is 0 Å². The molecular formula is C15H14S2. The fraction of sp³-hybridized carbons (Fsp3) is 0.133. The van der Waals surface area contributed by atoms with Crippen molar-refractivity contribution in [3.8, 4) is 0 Å². The molecule has 0 N–H and O–H groups in total. The Kier molecular flexibility index (Phi) is 4.35. The summed E-state index contributed by atoms with van der Waals surface area (Å²) in [6.45, 7) is 2.09. The van der Waals surface area contributed by atoms with Crippen molar-refractivity contribution >= 4 is 28.2 Å². The predicted octanol–water partition coefficient (Wildman–Crippen LogP) is 4.66. The number of benzene rings is 2. The number of thiocarbonyl (C=S) groups is 1. The first-order valence-electron chi connectivity index (χ1n) is 5.55. The Labute approximate surface area is 112 Å². The summed E-state index contributed by atoms with van der Waals surface area (Å²) in [6, 6.07) is 18.8. The minimum atomic E-state index is 0.856. The van der Waals surface area contributed by atoms with Crippen LogP contribution in [0.3, 0.4) is 0 Å². The quantitative estimate of drug-likeness (QED) is 0.580. The van der Waals surface area contributed by atoms with Crippen LogP contribution in [0.1, 0.15) is 11.1 Å². The third-order valence-corrected chi connectivity index (χ3v) is 3.72. The highest BCUT2D eigenvalue weighted by Crippen LogP contribution is 2.22. The van der Waals surface area contributed by atoms with Gasteiger partial charge in [0.25, 0.3) is 0 Å². The molecule has 0 atom stereocenters. The smallest absolute Gasteiger partial charge is 0.0570 e. The van der Waals surface area contributed by atoms with Gasteiger partial charge in [-0.05, 0) is 24.6 Å². The van der Waals surface area contributed by atoms with Crippen LogP contribution >= 0.6 is 24.0 Å². The van der Waals surface area contributed by atoms with Crippen LogP contribution in [0, 0.1) is 6.92 Å². The maximum absolute atomic E-state index is 5.41. The molecule has 0 bridgehead atoms. The zero-order valence-electron chi connectivity index (χ0n) is 9.72. The summed E-state index contributed by atoms with van der Waals surface area (Å²) >= 11 is 7.09. The monoisotopic (exact) mass is 258 g/mol. The van der Waals surface area contributed by atoms with E-state index in [0.29, 0.717) is 0 Å². The van der Waals surface area contributed by atoms with Crippen molar-refractivity contribution in [2.24, 2.45) is 0 Å². The van der Waals surface area contributed by atoms with E-state index in [1.165, 1.54) is 16.0 Å². The Morgan fingerprint density at radius 1 is 1.00 bits per heavy atom. The molecule has 0 saturated heterocycles. The standard InChI is InChI=1S/C15H14S2/c1-12-7-9-14(10-8-12)17-15(16)11-13-5-3-2-4-6-13/h2-10H,11H2,1H3. The predicted molar refractivity (Wildman–Crippen MR) is 79.8 cm³/mol. The number of aryl methyl sites for hydroxylation is 1. The minimum Gasteiger partial charge on any atom is -0.0824 e. The van der Waals surface area contributed by atoms with E-state index in [-0.39, 0.29) is 0 Å². The van der Waals surface area contributed by atoms with Gasteiger partial charge in [-0.2, -0.15) is 0 Å². The lowest BCUT2D eigenvalue weighted by Gasteiger charge is -2.04. The fourth-order valence-corrected chi connectivity index (χ4v) is 2.77. The largest absolute Gasteiger partial charge is 0.0824 e. The Morgan fingerprint density at radius 3 is 2.29 bits per heavy atom. The van der Waals surface area contributed by atoms with Crippen molar-refractivity contribution in [3.63, 3.8) is 0 Å². The van der Waals surface area contributed by atoms with Crippen molar-refractivity contribution in [2.75, 3.05) is 0 Å². The van der Waals surface area contributed by atoms with E-state index in [1.54, 1.807) is 11.8 Å². The molecule has 0 nitrogen and oxygen atoms in total. The first kappa shape index (κ1) is 12.3. The van der Waals surface area contributed by atoms with Crippen molar-refractivity contribution < 1.29 is 0 Å². The molecule has 0 saturated carbocycles. The molecule has 17 heavy (non-hydrogen) atoms. The molecule has 0 unspecified atom stereocenters. The summed E-state index contributed by atoms with van der Waals surface area (Å²) in [5.41, 5.74) is 2.56. The SMILES string of the molecule is Cc1ccc(SC(=S)Cc2ccccc2)cc1. The summed E-state index contributed by atoms with van der Waals surface area (Å²) in [5.74, 6) is 0. The third kappa shape index (κ3) is 3.99. The molecule has 0 fully saturated rings. The number of rotatable bonds is 3. The number of hydrogen-bond acceptors (Lipinski definition) is 2. The Balaban J connectivity index is 1.96. The molecule has 0 aliphatic heterocycles. The van der Waals surface area contributed by atoms with Crippen molar-refractivity contribution in [3.05, 3.63) is 65.7 Å². The molecular weight excluding hydrogens is 244 g/mol. The third-order valence-electron chi connectivity index (χ3n) is 2.44. The lowest BCUT2D eigenvalue weighted by Crippen LogP contribution is -1.94. The van der Waals surface area contributed by atoms with Crippen LogP contribution in [0.2, 0.25) is 0 Å². The maximum Gasteiger partial charge on any atom is 0.0570 e. The summed E-state index contributed by atoms with van der Waals surface area (Å²) in [4.78, 5) is 1.22. The van der Waals surface area contributed by atoms with Crippen molar-refractivity contribution in [1.82, 2.24) is 0 Å². The molecule has 0 aliphatic rings. The molecule has 0 spiro atoms. The molecule has 2 heteroatoms. The van der Waals surface area contributed by atoms with E-state index >= 15 is 0 Å². The first-order valence-corrected chi connectivity index (χ1v) is 6.78. The van der Waals surface area contributed by atoms with Crippen LogP contribution in [0.5, 0.6) is 0 Å². The van der Waals surface area contributed by atoms with Gasteiger partial charge >= 0.3 is 0 Å². The first-order chi connectivity index (χ1) is 8.24. The molecule has 0 aliphatic carbocycles. The molecule has 2 rings (SSSR count). The second-order valence-corrected chi connectivity index (χ2v) is 5.87. The minimum absolute atomic E-state index is 0.856. The van der Waals surface area contributed by atoms with E-state index < -0.39 is 0 Å². The molecule has 86 valence electrons. The lowest BCUT2D eigenvalue weighted by molar-refractivity contribution is 1.36. The number of thioether (sulfide) groups is 1. The van der Waals surface area contributed by atoms with Gasteiger partial charge in [-0.1, -0.05) is 72.0 Å². The second-order valence-electron chi connectivity index (χ2n) is 3.95. The van der Waals surface area contributed by atoms with Gasteiger partial charge in [0.2, 0.25) is 0 Å². The van der Waals surface area contributed by atoms with Gasteiger partial charge in [0.15, 0.2) is 0 Å². The Morgan fingerprint density at radius 2 is 1.65 bits per heavy atom. The van der Waals surface area contributed by atoms with Crippen LogP contribution in [0.4, 0.5) is 0 Å². The van der Waals surface area contributed by atoms with Gasteiger partial charge < -0.3 is 0 Å². The van der Waals surface area contributed by atoms with E-state index in [4.69, 9.17) is 12.2 Å². The van der Waals surface area contributed by atoms with Crippen molar-refractivity contribution in [2.45, 2.75) is 18.2 Å². The normalized spacial score (nSPS) is 10.2. The molecule has 0 heterocycles. The van der Waals surface area contributed by atoms with E-state index in [2.05, 4.69) is 55.5 Å². The van der Waals surface area contributed by atoms with Crippen LogP contribution < -0.4 is 0 Å². The second kappa shape index (κ2) is 5.99.